The minimum atomic E-state index is -1.02. The summed E-state index contributed by atoms with van der Waals surface area (Å²) in [5, 5.41) is 22.0. The highest BCUT2D eigenvalue weighted by Gasteiger charge is 2.16. The van der Waals surface area contributed by atoms with E-state index in [9.17, 15) is 28.8 Å². The summed E-state index contributed by atoms with van der Waals surface area (Å²) in [6.07, 6.45) is 0. The van der Waals surface area contributed by atoms with E-state index in [1.165, 1.54) is 0 Å². The fourth-order valence-electron chi connectivity index (χ4n) is 1.60. The molecule has 0 atom stereocenters. The minimum absolute atomic E-state index is 0.325. The Morgan fingerprint density at radius 3 is 2.52 bits per heavy atom. The van der Waals surface area contributed by atoms with Crippen molar-refractivity contribution in [2.24, 2.45) is 0 Å². The molecule has 0 aliphatic rings. The number of hydrogen-bond acceptors (Lipinski definition) is 4. The van der Waals surface area contributed by atoms with Crippen molar-refractivity contribution in [1.82, 2.24) is 0 Å². The average Bonchev–Trinajstić information content (AvgIpc) is 2.43. The molecular formula is C13H8F2N2O4. The molecule has 0 radical (unpaired) electrons. The van der Waals surface area contributed by atoms with Crippen LogP contribution < -0.4 is 5.32 Å². The number of nitrogens with one attached hydrogen (secondary N) is 1. The molecule has 8 heteroatoms. The van der Waals surface area contributed by atoms with Gasteiger partial charge < -0.3 is 10.4 Å². The molecule has 2 aromatic rings. The molecule has 0 saturated heterocycles. The van der Waals surface area contributed by atoms with Crippen LogP contribution in [0.15, 0.2) is 36.4 Å². The van der Waals surface area contributed by atoms with Gasteiger partial charge in [0.25, 0.3) is 11.6 Å². The van der Waals surface area contributed by atoms with Crippen LogP contribution in [0.4, 0.5) is 20.2 Å². The van der Waals surface area contributed by atoms with Crippen molar-refractivity contribution in [1.29, 1.82) is 0 Å². The predicted molar refractivity (Wildman–Crippen MR) is 69.1 cm³/mol. The highest BCUT2D eigenvalue weighted by molar-refractivity contribution is 6.06. The molecule has 0 unspecified atom stereocenters. The Morgan fingerprint density at radius 2 is 1.90 bits per heavy atom. The maximum atomic E-state index is 13.6. The Hall–Kier alpha value is -3.03. The molecule has 0 fully saturated rings. The van der Waals surface area contributed by atoms with Gasteiger partial charge in [0, 0.05) is 6.07 Å². The molecule has 21 heavy (non-hydrogen) atoms. The van der Waals surface area contributed by atoms with E-state index in [-0.39, 0.29) is 11.3 Å². The number of nitro groups is 1. The zero-order valence-electron chi connectivity index (χ0n) is 10.3. The number of carbonyl (C=O) groups is 1. The van der Waals surface area contributed by atoms with Crippen LogP contribution in [0, 0.1) is 21.7 Å². The summed E-state index contributed by atoms with van der Waals surface area (Å²) >= 11 is 0. The van der Waals surface area contributed by atoms with Crippen molar-refractivity contribution in [3.8, 4) is 5.75 Å². The molecule has 6 nitrogen and oxygen atoms in total. The monoisotopic (exact) mass is 294 g/mol. The summed E-state index contributed by atoms with van der Waals surface area (Å²) in [4.78, 5) is 21.5. The lowest BCUT2D eigenvalue weighted by Crippen LogP contribution is -2.13. The molecule has 0 aliphatic carbocycles. The van der Waals surface area contributed by atoms with Crippen LogP contribution in [0.25, 0.3) is 0 Å². The third-order valence-corrected chi connectivity index (χ3v) is 2.61. The normalized spacial score (nSPS) is 10.2. The summed E-state index contributed by atoms with van der Waals surface area (Å²) < 4.78 is 26.6. The molecule has 2 aromatic carbocycles. The second-order valence-electron chi connectivity index (χ2n) is 4.04. The van der Waals surface area contributed by atoms with E-state index in [1.807, 2.05) is 0 Å². The zero-order valence-corrected chi connectivity index (χ0v) is 10.3. The summed E-state index contributed by atoms with van der Waals surface area (Å²) in [6.45, 7) is 0. The Bertz CT molecular complexity index is 734. The number of aromatic hydroxyl groups is 1. The Balaban J connectivity index is 2.27. The number of non-ortho nitro benzene ring substituents is 1. The third-order valence-electron chi connectivity index (χ3n) is 2.61. The summed E-state index contributed by atoms with van der Waals surface area (Å²) in [7, 11) is 0. The Morgan fingerprint density at radius 1 is 1.19 bits per heavy atom. The summed E-state index contributed by atoms with van der Waals surface area (Å²) in [6, 6.07) is 5.37. The molecule has 0 aromatic heterocycles. The van der Waals surface area contributed by atoms with E-state index in [1.54, 1.807) is 0 Å². The van der Waals surface area contributed by atoms with Gasteiger partial charge in [-0.2, -0.15) is 0 Å². The van der Waals surface area contributed by atoms with Crippen LogP contribution in [0.2, 0.25) is 0 Å². The molecule has 108 valence electrons. The van der Waals surface area contributed by atoms with Gasteiger partial charge in [-0.15, -0.1) is 0 Å². The van der Waals surface area contributed by atoms with Crippen LogP contribution in [0.5, 0.6) is 5.75 Å². The number of anilines is 1. The number of halogens is 2. The first-order valence-electron chi connectivity index (χ1n) is 5.62. The van der Waals surface area contributed by atoms with Crippen molar-refractivity contribution in [2.75, 3.05) is 5.32 Å². The molecule has 0 bridgehead atoms. The summed E-state index contributed by atoms with van der Waals surface area (Å²) in [5.74, 6) is -3.19. The first-order chi connectivity index (χ1) is 9.88. The number of rotatable bonds is 3. The van der Waals surface area contributed by atoms with Crippen LogP contribution in [0.1, 0.15) is 10.4 Å². The van der Waals surface area contributed by atoms with Crippen molar-refractivity contribution >= 4 is 17.3 Å². The van der Waals surface area contributed by atoms with Gasteiger partial charge in [-0.3, -0.25) is 14.9 Å². The summed E-state index contributed by atoms with van der Waals surface area (Å²) in [5.41, 5.74) is -1.18. The largest absolute Gasteiger partial charge is 0.507 e. The van der Waals surface area contributed by atoms with E-state index in [4.69, 9.17) is 0 Å². The minimum Gasteiger partial charge on any atom is -0.507 e. The SMILES string of the molecule is O=C(Nc1ccc([N+](=O)[O-])cc1F)c1cc(F)ccc1O. The van der Waals surface area contributed by atoms with Crippen LogP contribution >= 0.6 is 0 Å². The molecule has 2 rings (SSSR count). The van der Waals surface area contributed by atoms with E-state index >= 15 is 0 Å². The van der Waals surface area contributed by atoms with Gasteiger partial charge in [0.1, 0.15) is 11.6 Å². The third kappa shape index (κ3) is 3.11. The smallest absolute Gasteiger partial charge is 0.272 e. The Labute approximate surface area is 116 Å². The lowest BCUT2D eigenvalue weighted by molar-refractivity contribution is -0.385. The van der Waals surface area contributed by atoms with Crippen molar-refractivity contribution in [3.05, 3.63) is 63.7 Å². The van der Waals surface area contributed by atoms with E-state index < -0.39 is 33.9 Å². The van der Waals surface area contributed by atoms with Gasteiger partial charge >= 0.3 is 0 Å². The molecule has 0 saturated carbocycles. The molecule has 2 N–H and O–H groups in total. The quantitative estimate of drug-likeness (QED) is 0.672. The van der Waals surface area contributed by atoms with Crippen molar-refractivity contribution in [2.45, 2.75) is 0 Å². The highest BCUT2D eigenvalue weighted by Crippen LogP contribution is 2.23. The van der Waals surface area contributed by atoms with Gasteiger partial charge in [-0.1, -0.05) is 0 Å². The maximum absolute atomic E-state index is 13.6. The average molecular weight is 294 g/mol. The van der Waals surface area contributed by atoms with Gasteiger partial charge in [0.2, 0.25) is 0 Å². The van der Waals surface area contributed by atoms with Gasteiger partial charge in [0.15, 0.2) is 5.82 Å². The molecule has 0 spiro atoms. The Kier molecular flexibility index (Phi) is 3.79. The predicted octanol–water partition coefficient (Wildman–Crippen LogP) is 2.83. The number of phenols is 1. The topological polar surface area (TPSA) is 92.5 Å². The molecule has 0 aliphatic heterocycles. The second kappa shape index (κ2) is 5.53. The van der Waals surface area contributed by atoms with E-state index in [2.05, 4.69) is 5.32 Å². The van der Waals surface area contributed by atoms with Crippen LogP contribution in [-0.2, 0) is 0 Å². The van der Waals surface area contributed by atoms with Crippen molar-refractivity contribution in [3.63, 3.8) is 0 Å². The van der Waals surface area contributed by atoms with Gasteiger partial charge in [0.05, 0.1) is 22.2 Å². The molecular weight excluding hydrogens is 286 g/mol. The van der Waals surface area contributed by atoms with Gasteiger partial charge in [-0.05, 0) is 24.3 Å². The lowest BCUT2D eigenvalue weighted by atomic mass is 10.1. The van der Waals surface area contributed by atoms with Crippen LogP contribution in [0.3, 0.4) is 0 Å². The first kappa shape index (κ1) is 14.4. The number of benzene rings is 2. The standard InChI is InChI=1S/C13H8F2N2O4/c14-7-1-4-12(18)9(5-7)13(19)16-11-3-2-8(17(20)21)6-10(11)15/h1-6,18H,(H,16,19). The van der Waals surface area contributed by atoms with Gasteiger partial charge in [-0.25, -0.2) is 8.78 Å². The number of nitrogens with zero attached hydrogens (tertiary/aromatic N) is 1. The fraction of sp³-hybridized carbons (Fsp3) is 0. The van der Waals surface area contributed by atoms with Crippen molar-refractivity contribution < 1.29 is 23.6 Å². The van der Waals surface area contributed by atoms with E-state index in [0.29, 0.717) is 6.07 Å². The fourth-order valence-corrected chi connectivity index (χ4v) is 1.60. The number of nitro benzene ring substituents is 1. The number of phenolic OH excluding ortho intramolecular Hbond substituents is 1. The molecule has 0 heterocycles. The number of hydrogen-bond donors (Lipinski definition) is 2. The first-order valence-corrected chi connectivity index (χ1v) is 5.62. The van der Waals surface area contributed by atoms with Crippen LogP contribution in [-0.4, -0.2) is 15.9 Å². The molecule has 1 amide bonds. The number of carbonyl (C=O) groups excluding carboxylic acids is 1. The second-order valence-corrected chi connectivity index (χ2v) is 4.04. The lowest BCUT2D eigenvalue weighted by Gasteiger charge is -2.07. The highest BCUT2D eigenvalue weighted by atomic mass is 19.1. The van der Waals surface area contributed by atoms with E-state index in [0.717, 1.165) is 30.3 Å². The zero-order chi connectivity index (χ0) is 15.6. The number of amides is 1. The maximum Gasteiger partial charge on any atom is 0.272 e.